The van der Waals surface area contributed by atoms with Crippen molar-refractivity contribution in [3.05, 3.63) is 47.5 Å². The van der Waals surface area contributed by atoms with Gasteiger partial charge in [0.1, 0.15) is 10.9 Å². The van der Waals surface area contributed by atoms with Crippen LogP contribution < -0.4 is 0 Å². The first kappa shape index (κ1) is 22.4. The number of ketones is 1. The van der Waals surface area contributed by atoms with Gasteiger partial charge in [-0.3, -0.25) is 9.36 Å². The van der Waals surface area contributed by atoms with Crippen molar-refractivity contribution in [3.63, 3.8) is 0 Å². The van der Waals surface area contributed by atoms with Crippen LogP contribution in [0.15, 0.2) is 36.4 Å². The fraction of sp³-hybridized carbons (Fsp3) is 0.409. The predicted molar refractivity (Wildman–Crippen MR) is 114 cm³/mol. The highest BCUT2D eigenvalue weighted by atomic mass is 31.2. The molecule has 1 N–H and O–H groups in total. The molecule has 0 bridgehead atoms. The summed E-state index contributed by atoms with van der Waals surface area (Å²) in [6.45, 7) is 9.15. The molecule has 0 unspecified atom stereocenters. The lowest BCUT2D eigenvalue weighted by molar-refractivity contribution is -0.116. The van der Waals surface area contributed by atoms with Gasteiger partial charge < -0.3 is 14.2 Å². The van der Waals surface area contributed by atoms with E-state index in [0.29, 0.717) is 0 Å². The van der Waals surface area contributed by atoms with Crippen molar-refractivity contribution in [3.8, 4) is 5.75 Å². The average molecular weight is 404 g/mol. The fourth-order valence-corrected chi connectivity index (χ4v) is 4.54. The van der Waals surface area contributed by atoms with E-state index in [4.69, 9.17) is 9.05 Å². The van der Waals surface area contributed by atoms with Gasteiger partial charge in [0, 0.05) is 25.2 Å². The summed E-state index contributed by atoms with van der Waals surface area (Å²) >= 11 is 0. The van der Waals surface area contributed by atoms with Crippen molar-refractivity contribution in [2.24, 2.45) is 0 Å². The number of benzene rings is 2. The van der Waals surface area contributed by atoms with E-state index in [9.17, 15) is 14.5 Å². The van der Waals surface area contributed by atoms with E-state index in [-0.39, 0.29) is 16.9 Å². The second-order valence-electron chi connectivity index (χ2n) is 8.28. The minimum absolute atomic E-state index is 0.246. The quantitative estimate of drug-likeness (QED) is 0.495. The van der Waals surface area contributed by atoms with E-state index in [2.05, 4.69) is 0 Å². The molecule has 0 radical (unpaired) electrons. The van der Waals surface area contributed by atoms with Gasteiger partial charge in [0.2, 0.25) is 0 Å². The summed E-state index contributed by atoms with van der Waals surface area (Å²) in [4.78, 5) is 12.8. The summed E-state index contributed by atoms with van der Waals surface area (Å²) in [6, 6.07) is 9.38. The summed E-state index contributed by atoms with van der Waals surface area (Å²) in [5.74, 6) is -0.121. The van der Waals surface area contributed by atoms with Crippen molar-refractivity contribution >= 4 is 30.2 Å². The van der Waals surface area contributed by atoms with Crippen molar-refractivity contribution in [1.29, 1.82) is 0 Å². The molecule has 2 aromatic carbocycles. The molecule has 0 amide bonds. The van der Waals surface area contributed by atoms with Gasteiger partial charge in [-0.25, -0.2) is 0 Å². The zero-order valence-corrected chi connectivity index (χ0v) is 18.5. The topological polar surface area (TPSA) is 72.8 Å². The molecule has 5 nitrogen and oxygen atoms in total. The Balaban J connectivity index is 2.59. The normalized spacial score (nSPS) is 13.4. The zero-order valence-electron chi connectivity index (χ0n) is 17.6. The summed E-state index contributed by atoms with van der Waals surface area (Å²) in [6.07, 6.45) is 3.09. The highest BCUT2D eigenvalue weighted by molar-refractivity contribution is 7.56. The van der Waals surface area contributed by atoms with Crippen molar-refractivity contribution in [2.75, 3.05) is 14.2 Å². The van der Waals surface area contributed by atoms with Gasteiger partial charge in [-0.1, -0.05) is 51.1 Å². The molecule has 28 heavy (non-hydrogen) atoms. The molecule has 2 aromatic rings. The molecule has 0 heterocycles. The Labute approximate surface area is 166 Å². The maximum absolute atomic E-state index is 12.8. The summed E-state index contributed by atoms with van der Waals surface area (Å²) in [7, 11) is -1.05. The van der Waals surface area contributed by atoms with Crippen LogP contribution in [-0.2, 0) is 23.8 Å². The van der Waals surface area contributed by atoms with Crippen LogP contribution in [0.2, 0.25) is 0 Å². The van der Waals surface area contributed by atoms with E-state index in [1.165, 1.54) is 20.3 Å². The average Bonchev–Trinajstić information content (AvgIpc) is 2.65. The Morgan fingerprint density at radius 3 is 2.07 bits per heavy atom. The Kier molecular flexibility index (Phi) is 6.25. The Hall–Kier alpha value is -1.94. The molecule has 0 fully saturated rings. The number of rotatable bonds is 6. The molecule has 152 valence electrons. The molecule has 0 saturated carbocycles. The van der Waals surface area contributed by atoms with Gasteiger partial charge in [0.05, 0.1) is 0 Å². The number of carbonyl (C=O) groups excluding carboxylic acids is 1. The molecular formula is C22H29O5P. The third-order valence-electron chi connectivity index (χ3n) is 5.04. The smallest absolute Gasteiger partial charge is 0.343 e. The number of phenolic OH excluding ortho intramolecular Hbond substituents is 1. The Morgan fingerprint density at radius 2 is 1.57 bits per heavy atom. The predicted octanol–water partition coefficient (Wildman–Crippen LogP) is 5.69. The molecule has 0 aliphatic rings. The van der Waals surface area contributed by atoms with Crippen LogP contribution >= 0.6 is 7.60 Å². The number of hydrogen-bond donors (Lipinski definition) is 1. The lowest BCUT2D eigenvalue weighted by Gasteiger charge is -2.28. The number of aromatic hydroxyl groups is 1. The summed E-state index contributed by atoms with van der Waals surface area (Å²) in [5, 5.41) is 11.0. The molecule has 0 aliphatic carbocycles. The monoisotopic (exact) mass is 404 g/mol. The van der Waals surface area contributed by atoms with Crippen molar-refractivity contribution in [1.82, 2.24) is 0 Å². The van der Waals surface area contributed by atoms with Gasteiger partial charge in [0.25, 0.3) is 0 Å². The number of phenols is 1. The van der Waals surface area contributed by atoms with E-state index >= 15 is 0 Å². The van der Waals surface area contributed by atoms with Gasteiger partial charge in [0.15, 0.2) is 5.78 Å². The lowest BCUT2D eigenvalue weighted by Crippen LogP contribution is -2.31. The highest BCUT2D eigenvalue weighted by Crippen LogP contribution is 2.59. The highest BCUT2D eigenvalue weighted by Gasteiger charge is 2.46. The first-order valence-corrected chi connectivity index (χ1v) is 10.6. The molecular weight excluding hydrogens is 375 g/mol. The van der Waals surface area contributed by atoms with Crippen LogP contribution in [-0.4, -0.2) is 30.3 Å². The Morgan fingerprint density at radius 1 is 1.04 bits per heavy atom. The molecule has 0 spiro atoms. The molecule has 0 aromatic heterocycles. The number of fused-ring (bicyclic) bond motifs is 1. The summed E-state index contributed by atoms with van der Waals surface area (Å²) in [5.41, 5.74) is 1.31. The maximum Gasteiger partial charge on any atom is 0.343 e. The number of carbonyl (C=O) groups is 1. The summed E-state index contributed by atoms with van der Waals surface area (Å²) < 4.78 is 22.8. The zero-order chi connectivity index (χ0) is 21.3. The van der Waals surface area contributed by atoms with Gasteiger partial charge in [-0.05, 0) is 42.4 Å². The number of allylic oxidation sites excluding steroid dienone is 1. The minimum atomic E-state index is -3.59. The van der Waals surface area contributed by atoms with Crippen LogP contribution in [0, 0.1) is 0 Å². The van der Waals surface area contributed by atoms with E-state index in [1.807, 2.05) is 51.1 Å². The largest absolute Gasteiger partial charge is 0.507 e. The van der Waals surface area contributed by atoms with Crippen LogP contribution in [0.25, 0.3) is 16.8 Å². The van der Waals surface area contributed by atoms with E-state index < -0.39 is 12.8 Å². The molecule has 0 aliphatic heterocycles. The van der Waals surface area contributed by atoms with Crippen molar-refractivity contribution < 1.29 is 23.5 Å². The second-order valence-corrected chi connectivity index (χ2v) is 11.1. The third kappa shape index (κ3) is 3.93. The molecule has 0 atom stereocenters. The molecule has 6 heteroatoms. The first-order valence-electron chi connectivity index (χ1n) is 9.08. The fourth-order valence-electron chi connectivity index (χ4n) is 3.13. The van der Waals surface area contributed by atoms with Gasteiger partial charge >= 0.3 is 7.60 Å². The van der Waals surface area contributed by atoms with Gasteiger partial charge in [-0.15, -0.1) is 0 Å². The van der Waals surface area contributed by atoms with Crippen molar-refractivity contribution in [2.45, 2.75) is 45.2 Å². The standard InChI is InChI=1S/C22H29O5P/c1-21(2,3)18-14-15(16-10-8-9-11-17(16)20(18)24)12-13-19(23)22(4,5)28(25,26-6)27-7/h8-14,24H,1-7H3/b13-12+. The lowest BCUT2D eigenvalue weighted by atomic mass is 9.83. The minimum Gasteiger partial charge on any atom is -0.507 e. The first-order chi connectivity index (χ1) is 12.9. The van der Waals surface area contributed by atoms with Crippen LogP contribution in [0.5, 0.6) is 5.75 Å². The molecule has 2 rings (SSSR count). The van der Waals surface area contributed by atoms with Crippen LogP contribution in [0.4, 0.5) is 0 Å². The van der Waals surface area contributed by atoms with Crippen LogP contribution in [0.3, 0.4) is 0 Å². The van der Waals surface area contributed by atoms with Gasteiger partial charge in [-0.2, -0.15) is 0 Å². The Bertz CT molecular complexity index is 959. The maximum atomic E-state index is 12.8. The van der Waals surface area contributed by atoms with E-state index in [0.717, 1.165) is 21.9 Å². The number of hydrogen-bond acceptors (Lipinski definition) is 5. The van der Waals surface area contributed by atoms with Crippen LogP contribution in [0.1, 0.15) is 45.7 Å². The van der Waals surface area contributed by atoms with E-state index in [1.54, 1.807) is 19.9 Å². The SMILES string of the molecule is COP(=O)(OC)C(C)(C)C(=O)/C=C/c1cc(C(C)(C)C)c(O)c2ccccc12. The second kappa shape index (κ2) is 7.82. The third-order valence-corrected chi connectivity index (χ3v) is 7.59. The molecule has 0 saturated heterocycles.